The summed E-state index contributed by atoms with van der Waals surface area (Å²) in [7, 11) is 0. The number of carbonyl (C=O) groups excluding carboxylic acids is 1. The monoisotopic (exact) mass is 486 g/mol. The van der Waals surface area contributed by atoms with Crippen LogP contribution in [0.15, 0.2) is 84.9 Å². The van der Waals surface area contributed by atoms with Crippen LogP contribution >= 0.6 is 11.6 Å². The molecule has 4 aromatic rings. The quantitative estimate of drug-likeness (QED) is 0.367. The zero-order valence-electron chi connectivity index (χ0n) is 19.6. The fraction of sp³-hybridized carbons (Fsp3) is 0.214. The van der Waals surface area contributed by atoms with Gasteiger partial charge in [-0.15, -0.1) is 0 Å². The molecule has 1 aromatic heterocycles. The fourth-order valence-corrected chi connectivity index (χ4v) is 4.38. The van der Waals surface area contributed by atoms with Gasteiger partial charge in [0.25, 0.3) is 5.91 Å². The number of anilines is 1. The van der Waals surface area contributed by atoms with Gasteiger partial charge in [0.1, 0.15) is 18.1 Å². The predicted molar refractivity (Wildman–Crippen MR) is 139 cm³/mol. The highest BCUT2D eigenvalue weighted by Crippen LogP contribution is 2.23. The van der Waals surface area contributed by atoms with E-state index in [2.05, 4.69) is 34.3 Å². The molecule has 0 saturated carbocycles. The number of rotatable bonds is 6. The summed E-state index contributed by atoms with van der Waals surface area (Å²) >= 11 is 6.03. The van der Waals surface area contributed by atoms with E-state index in [4.69, 9.17) is 16.3 Å². The summed E-state index contributed by atoms with van der Waals surface area (Å²) in [4.78, 5) is 17.6. The second-order valence-electron chi connectivity index (χ2n) is 8.61. The number of hydrogen-bond acceptors (Lipinski definition) is 4. The number of amides is 1. The van der Waals surface area contributed by atoms with Gasteiger partial charge in [-0.1, -0.05) is 41.9 Å². The standard InChI is InChI=1S/C28H27ClN4O2/c1-21-19-27(33(30-21)25-9-7-23(29)8-10-25)28(34)32-17-15-31(16-18-32)24-11-13-26(14-12-24)35-20-22-5-3-2-4-6-22/h2-14,19H,15-18,20H2,1H3. The number of aryl methyl sites for hydroxylation is 1. The molecule has 0 radical (unpaired) electrons. The fourth-order valence-electron chi connectivity index (χ4n) is 4.25. The van der Waals surface area contributed by atoms with Crippen LogP contribution in [0.2, 0.25) is 5.02 Å². The first-order valence-corrected chi connectivity index (χ1v) is 12.1. The van der Waals surface area contributed by atoms with E-state index in [0.29, 0.717) is 30.4 Å². The maximum Gasteiger partial charge on any atom is 0.272 e. The highest BCUT2D eigenvalue weighted by atomic mass is 35.5. The van der Waals surface area contributed by atoms with Crippen LogP contribution in [0.1, 0.15) is 21.7 Å². The normalized spacial score (nSPS) is 13.7. The predicted octanol–water partition coefficient (Wildman–Crippen LogP) is 5.38. The Morgan fingerprint density at radius 3 is 2.23 bits per heavy atom. The second-order valence-corrected chi connectivity index (χ2v) is 9.04. The van der Waals surface area contributed by atoms with Gasteiger partial charge in [-0.05, 0) is 67.1 Å². The largest absolute Gasteiger partial charge is 0.489 e. The lowest BCUT2D eigenvalue weighted by molar-refractivity contribution is 0.0737. The molecule has 7 heteroatoms. The molecular formula is C28H27ClN4O2. The van der Waals surface area contributed by atoms with E-state index in [0.717, 1.165) is 41.5 Å². The number of carbonyl (C=O) groups is 1. The summed E-state index contributed by atoms with van der Waals surface area (Å²) in [5.41, 5.74) is 4.46. The third-order valence-corrected chi connectivity index (χ3v) is 6.39. The van der Waals surface area contributed by atoms with Crippen LogP contribution in [-0.4, -0.2) is 46.8 Å². The average molecular weight is 487 g/mol. The van der Waals surface area contributed by atoms with Crippen molar-refractivity contribution >= 4 is 23.2 Å². The van der Waals surface area contributed by atoms with Crippen LogP contribution in [0.3, 0.4) is 0 Å². The highest BCUT2D eigenvalue weighted by molar-refractivity contribution is 6.30. The SMILES string of the molecule is Cc1cc(C(=O)N2CCN(c3ccc(OCc4ccccc4)cc3)CC2)n(-c2ccc(Cl)cc2)n1. The van der Waals surface area contributed by atoms with Gasteiger partial charge >= 0.3 is 0 Å². The summed E-state index contributed by atoms with van der Waals surface area (Å²) in [5.74, 6) is 0.835. The summed E-state index contributed by atoms with van der Waals surface area (Å²) in [6.07, 6.45) is 0. The maximum atomic E-state index is 13.4. The zero-order valence-corrected chi connectivity index (χ0v) is 20.4. The third kappa shape index (κ3) is 5.33. The molecule has 5 rings (SSSR count). The van der Waals surface area contributed by atoms with Crippen LogP contribution in [0.25, 0.3) is 5.69 Å². The van der Waals surface area contributed by atoms with Crippen molar-refractivity contribution in [2.24, 2.45) is 0 Å². The molecule has 178 valence electrons. The molecule has 1 aliphatic rings. The minimum Gasteiger partial charge on any atom is -0.489 e. The van der Waals surface area contributed by atoms with Crippen LogP contribution in [-0.2, 0) is 6.61 Å². The van der Waals surface area contributed by atoms with Crippen molar-refractivity contribution in [2.45, 2.75) is 13.5 Å². The molecule has 2 heterocycles. The second kappa shape index (κ2) is 10.2. The smallest absolute Gasteiger partial charge is 0.272 e. The molecule has 0 N–H and O–H groups in total. The molecule has 0 bridgehead atoms. The van der Waals surface area contributed by atoms with E-state index in [1.807, 2.05) is 60.4 Å². The Labute approximate surface area is 210 Å². The lowest BCUT2D eigenvalue weighted by Crippen LogP contribution is -2.49. The van der Waals surface area contributed by atoms with Crippen molar-refractivity contribution in [3.8, 4) is 11.4 Å². The van der Waals surface area contributed by atoms with Gasteiger partial charge in [-0.25, -0.2) is 4.68 Å². The van der Waals surface area contributed by atoms with Gasteiger partial charge in [0.05, 0.1) is 11.4 Å². The zero-order chi connectivity index (χ0) is 24.2. The molecule has 0 aliphatic carbocycles. The first-order chi connectivity index (χ1) is 17.1. The highest BCUT2D eigenvalue weighted by Gasteiger charge is 2.25. The third-order valence-electron chi connectivity index (χ3n) is 6.14. The average Bonchev–Trinajstić information content (AvgIpc) is 3.30. The molecule has 0 atom stereocenters. The Kier molecular flexibility index (Phi) is 6.73. The van der Waals surface area contributed by atoms with Gasteiger partial charge in [0.15, 0.2) is 0 Å². The number of hydrogen-bond donors (Lipinski definition) is 0. The van der Waals surface area contributed by atoms with Crippen molar-refractivity contribution in [1.82, 2.24) is 14.7 Å². The Morgan fingerprint density at radius 1 is 0.886 bits per heavy atom. The van der Waals surface area contributed by atoms with Gasteiger partial charge in [0.2, 0.25) is 0 Å². The summed E-state index contributed by atoms with van der Waals surface area (Å²) in [5, 5.41) is 5.19. The molecule has 3 aromatic carbocycles. The first kappa shape index (κ1) is 23.0. The first-order valence-electron chi connectivity index (χ1n) is 11.7. The van der Waals surface area contributed by atoms with Crippen LogP contribution in [0, 0.1) is 6.92 Å². The van der Waals surface area contributed by atoms with Crippen LogP contribution in [0.4, 0.5) is 5.69 Å². The molecule has 1 fully saturated rings. The van der Waals surface area contributed by atoms with E-state index in [9.17, 15) is 4.79 Å². The number of benzene rings is 3. The van der Waals surface area contributed by atoms with Crippen LogP contribution in [0.5, 0.6) is 5.75 Å². The number of aromatic nitrogens is 2. The molecule has 0 unspecified atom stereocenters. The lowest BCUT2D eigenvalue weighted by atomic mass is 10.2. The molecule has 1 saturated heterocycles. The molecular weight excluding hydrogens is 460 g/mol. The minimum absolute atomic E-state index is 0.00939. The summed E-state index contributed by atoms with van der Waals surface area (Å²) < 4.78 is 7.60. The number of nitrogens with zero attached hydrogens (tertiary/aromatic N) is 4. The van der Waals surface area contributed by atoms with E-state index in [1.165, 1.54) is 0 Å². The van der Waals surface area contributed by atoms with E-state index in [-0.39, 0.29) is 5.91 Å². The van der Waals surface area contributed by atoms with E-state index < -0.39 is 0 Å². The Bertz CT molecular complexity index is 1280. The summed E-state index contributed by atoms with van der Waals surface area (Å²) in [6, 6.07) is 27.5. The van der Waals surface area contributed by atoms with Crippen LogP contribution < -0.4 is 9.64 Å². The Morgan fingerprint density at radius 2 is 1.54 bits per heavy atom. The Balaban J connectivity index is 1.20. The van der Waals surface area contributed by atoms with Crippen molar-refractivity contribution in [3.05, 3.63) is 107 Å². The number of ether oxygens (including phenoxy) is 1. The maximum absolute atomic E-state index is 13.4. The van der Waals surface area contributed by atoms with Crippen molar-refractivity contribution in [2.75, 3.05) is 31.1 Å². The van der Waals surface area contributed by atoms with Gasteiger partial charge < -0.3 is 14.5 Å². The topological polar surface area (TPSA) is 50.6 Å². The van der Waals surface area contributed by atoms with Gasteiger partial charge in [0, 0.05) is 36.9 Å². The summed E-state index contributed by atoms with van der Waals surface area (Å²) in [6.45, 7) is 5.28. The molecule has 0 spiro atoms. The van der Waals surface area contributed by atoms with Gasteiger partial charge in [-0.2, -0.15) is 5.10 Å². The van der Waals surface area contributed by atoms with E-state index >= 15 is 0 Å². The van der Waals surface area contributed by atoms with Crippen molar-refractivity contribution < 1.29 is 9.53 Å². The molecule has 1 aliphatic heterocycles. The van der Waals surface area contributed by atoms with Gasteiger partial charge in [-0.3, -0.25) is 4.79 Å². The molecule has 1 amide bonds. The van der Waals surface area contributed by atoms with Crippen molar-refractivity contribution in [1.29, 1.82) is 0 Å². The number of piperazine rings is 1. The lowest BCUT2D eigenvalue weighted by Gasteiger charge is -2.36. The minimum atomic E-state index is -0.00939. The number of halogens is 1. The molecule has 6 nitrogen and oxygen atoms in total. The Hall–Kier alpha value is -3.77. The van der Waals surface area contributed by atoms with E-state index in [1.54, 1.807) is 16.8 Å². The molecule has 35 heavy (non-hydrogen) atoms. The van der Waals surface area contributed by atoms with Crippen molar-refractivity contribution in [3.63, 3.8) is 0 Å².